The number of aromatic nitrogens is 2. The second kappa shape index (κ2) is 5.24. The Bertz CT molecular complexity index is 618. The number of methoxy groups -OCH3 is 1. The number of alkyl halides is 3. The molecule has 0 amide bonds. The summed E-state index contributed by atoms with van der Waals surface area (Å²) in [6.07, 6.45) is -1.79. The molecule has 5 nitrogen and oxygen atoms in total. The number of rotatable bonds is 3. The normalized spacial score (nSPS) is 12.0. The monoisotopic (exact) mass is 285 g/mol. The van der Waals surface area contributed by atoms with Crippen molar-refractivity contribution < 1.29 is 23.1 Å². The summed E-state index contributed by atoms with van der Waals surface area (Å²) in [7, 11) is 1.38. The van der Waals surface area contributed by atoms with E-state index in [0.717, 1.165) is 18.3 Å². The molecule has 1 aromatic heterocycles. The molecular formula is C12H10F3N3O2. The summed E-state index contributed by atoms with van der Waals surface area (Å²) in [6.45, 7) is 0. The molecule has 0 aliphatic heterocycles. The zero-order valence-corrected chi connectivity index (χ0v) is 10.3. The van der Waals surface area contributed by atoms with E-state index in [4.69, 9.17) is 9.94 Å². The Labute approximate surface area is 111 Å². The molecule has 1 heterocycles. The van der Waals surface area contributed by atoms with Gasteiger partial charge in [0, 0.05) is 6.20 Å². The predicted octanol–water partition coefficient (Wildman–Crippen LogP) is 2.71. The van der Waals surface area contributed by atoms with E-state index in [2.05, 4.69) is 10.3 Å². The molecule has 8 heteroatoms. The topological polar surface area (TPSA) is 59.6 Å². The van der Waals surface area contributed by atoms with Crippen LogP contribution in [0.15, 0.2) is 35.6 Å². The van der Waals surface area contributed by atoms with Crippen LogP contribution in [0.3, 0.4) is 0 Å². The van der Waals surface area contributed by atoms with Gasteiger partial charge in [0.25, 0.3) is 0 Å². The smallest absolute Gasteiger partial charge is 0.416 e. The van der Waals surface area contributed by atoms with E-state index >= 15 is 0 Å². The number of benzene rings is 1. The Balaban J connectivity index is 2.37. The van der Waals surface area contributed by atoms with Crippen LogP contribution in [0.2, 0.25) is 0 Å². The summed E-state index contributed by atoms with van der Waals surface area (Å²) in [4.78, 5) is 0. The van der Waals surface area contributed by atoms with Crippen molar-refractivity contribution in [2.45, 2.75) is 6.18 Å². The Morgan fingerprint density at radius 1 is 1.30 bits per heavy atom. The van der Waals surface area contributed by atoms with Gasteiger partial charge in [0.1, 0.15) is 0 Å². The van der Waals surface area contributed by atoms with Gasteiger partial charge in [-0.05, 0) is 24.3 Å². The number of nitrogens with zero attached hydrogens (tertiary/aromatic N) is 3. The highest BCUT2D eigenvalue weighted by atomic mass is 19.4. The molecular weight excluding hydrogens is 275 g/mol. The van der Waals surface area contributed by atoms with Gasteiger partial charge in [-0.15, -0.1) is 5.10 Å². The van der Waals surface area contributed by atoms with E-state index in [0.29, 0.717) is 11.3 Å². The summed E-state index contributed by atoms with van der Waals surface area (Å²) < 4.78 is 43.7. The molecule has 0 radical (unpaired) electrons. The van der Waals surface area contributed by atoms with Crippen LogP contribution in [-0.2, 0) is 6.18 Å². The van der Waals surface area contributed by atoms with E-state index in [9.17, 15) is 13.2 Å². The maximum Gasteiger partial charge on any atom is 0.416 e. The number of oxime groups is 1. The van der Waals surface area contributed by atoms with Crippen molar-refractivity contribution in [3.63, 3.8) is 0 Å². The van der Waals surface area contributed by atoms with Gasteiger partial charge in [-0.1, -0.05) is 5.16 Å². The maximum atomic E-state index is 12.5. The number of hydrogen-bond acceptors (Lipinski definition) is 4. The van der Waals surface area contributed by atoms with E-state index in [1.54, 1.807) is 0 Å². The first-order valence-electron chi connectivity index (χ1n) is 5.44. The summed E-state index contributed by atoms with van der Waals surface area (Å²) in [6, 6.07) is 4.50. The molecule has 0 aliphatic rings. The van der Waals surface area contributed by atoms with Crippen LogP contribution >= 0.6 is 0 Å². The van der Waals surface area contributed by atoms with Gasteiger partial charge in [-0.25, -0.2) is 4.68 Å². The Kier molecular flexibility index (Phi) is 3.64. The van der Waals surface area contributed by atoms with Gasteiger partial charge in [0.05, 0.1) is 30.1 Å². The van der Waals surface area contributed by atoms with Crippen molar-refractivity contribution in [2.24, 2.45) is 5.16 Å². The molecule has 0 aliphatic carbocycles. The van der Waals surface area contributed by atoms with Crippen LogP contribution in [0.1, 0.15) is 11.1 Å². The van der Waals surface area contributed by atoms with E-state index < -0.39 is 11.7 Å². The summed E-state index contributed by atoms with van der Waals surface area (Å²) in [5.41, 5.74) is 0.0845. The Hall–Kier alpha value is -2.51. The first-order chi connectivity index (χ1) is 9.45. The maximum absolute atomic E-state index is 12.5. The van der Waals surface area contributed by atoms with Crippen LogP contribution in [0.5, 0.6) is 5.88 Å². The van der Waals surface area contributed by atoms with E-state index in [1.165, 1.54) is 30.1 Å². The summed E-state index contributed by atoms with van der Waals surface area (Å²) in [5, 5.41) is 15.4. The van der Waals surface area contributed by atoms with E-state index in [1.807, 2.05) is 0 Å². The highest BCUT2D eigenvalue weighted by Crippen LogP contribution is 2.29. The fraction of sp³-hybridized carbons (Fsp3) is 0.167. The van der Waals surface area contributed by atoms with Crippen molar-refractivity contribution in [3.8, 4) is 11.6 Å². The van der Waals surface area contributed by atoms with Crippen molar-refractivity contribution in [3.05, 3.63) is 41.6 Å². The summed E-state index contributed by atoms with van der Waals surface area (Å²) >= 11 is 0. The van der Waals surface area contributed by atoms with Crippen LogP contribution in [0.4, 0.5) is 13.2 Å². The quantitative estimate of drug-likeness (QED) is 0.536. The van der Waals surface area contributed by atoms with Gasteiger partial charge in [-0.3, -0.25) is 0 Å². The largest absolute Gasteiger partial charge is 0.479 e. The Morgan fingerprint density at radius 3 is 2.45 bits per heavy atom. The lowest BCUT2D eigenvalue weighted by Crippen LogP contribution is -2.05. The third-order valence-electron chi connectivity index (χ3n) is 2.56. The fourth-order valence-electron chi connectivity index (χ4n) is 1.62. The molecule has 1 N–H and O–H groups in total. The lowest BCUT2D eigenvalue weighted by molar-refractivity contribution is -0.137. The first-order valence-corrected chi connectivity index (χ1v) is 5.44. The van der Waals surface area contributed by atoms with Crippen molar-refractivity contribution in [1.82, 2.24) is 9.78 Å². The molecule has 0 unspecified atom stereocenters. The summed E-state index contributed by atoms with van der Waals surface area (Å²) in [5.74, 6) is 0.197. The molecule has 0 spiro atoms. The fourth-order valence-corrected chi connectivity index (χ4v) is 1.62. The molecule has 0 saturated carbocycles. The van der Waals surface area contributed by atoms with Crippen LogP contribution in [-0.4, -0.2) is 28.3 Å². The van der Waals surface area contributed by atoms with Crippen LogP contribution in [0, 0.1) is 0 Å². The number of hydrogen-bond donors (Lipinski definition) is 1. The standard InChI is InChI=1S/C12H10F3N3O2/c1-20-11-8(6-16-19)7-18(17-11)10-4-2-9(3-5-10)12(13,14)15/h2-7,19H,1H3. The Morgan fingerprint density at radius 2 is 1.95 bits per heavy atom. The van der Waals surface area contributed by atoms with Crippen molar-refractivity contribution in [2.75, 3.05) is 7.11 Å². The minimum absolute atomic E-state index is 0.197. The second-order valence-corrected chi connectivity index (χ2v) is 3.83. The van der Waals surface area contributed by atoms with Gasteiger partial charge in [0.2, 0.25) is 5.88 Å². The minimum atomic E-state index is -4.38. The van der Waals surface area contributed by atoms with Gasteiger partial charge in [0.15, 0.2) is 0 Å². The SMILES string of the molecule is COc1nn(-c2ccc(C(F)(F)F)cc2)cc1C=NO. The molecule has 0 atom stereocenters. The second-order valence-electron chi connectivity index (χ2n) is 3.83. The van der Waals surface area contributed by atoms with Gasteiger partial charge in [-0.2, -0.15) is 13.2 Å². The van der Waals surface area contributed by atoms with Crippen molar-refractivity contribution in [1.29, 1.82) is 0 Å². The van der Waals surface area contributed by atoms with Gasteiger partial charge < -0.3 is 9.94 Å². The van der Waals surface area contributed by atoms with Crippen LogP contribution < -0.4 is 4.74 Å². The third-order valence-corrected chi connectivity index (χ3v) is 2.56. The van der Waals surface area contributed by atoms with Gasteiger partial charge >= 0.3 is 6.18 Å². The molecule has 1 aromatic carbocycles. The molecule has 20 heavy (non-hydrogen) atoms. The lowest BCUT2D eigenvalue weighted by Gasteiger charge is -2.07. The highest BCUT2D eigenvalue weighted by Gasteiger charge is 2.30. The molecule has 0 fully saturated rings. The molecule has 0 bridgehead atoms. The van der Waals surface area contributed by atoms with E-state index in [-0.39, 0.29) is 5.88 Å². The molecule has 0 saturated heterocycles. The average Bonchev–Trinajstić information content (AvgIpc) is 2.81. The molecule has 2 aromatic rings. The highest BCUT2D eigenvalue weighted by molar-refractivity contribution is 5.82. The zero-order chi connectivity index (χ0) is 14.8. The lowest BCUT2D eigenvalue weighted by atomic mass is 10.2. The first kappa shape index (κ1) is 13.9. The minimum Gasteiger partial charge on any atom is -0.479 e. The molecule has 106 valence electrons. The average molecular weight is 285 g/mol. The zero-order valence-electron chi connectivity index (χ0n) is 10.3. The molecule has 2 rings (SSSR count). The van der Waals surface area contributed by atoms with Crippen LogP contribution in [0.25, 0.3) is 5.69 Å². The van der Waals surface area contributed by atoms with Crippen molar-refractivity contribution >= 4 is 6.21 Å². The third kappa shape index (κ3) is 2.73. The number of halogens is 3. The number of ether oxygens (including phenoxy) is 1. The predicted molar refractivity (Wildman–Crippen MR) is 64.5 cm³/mol.